The van der Waals surface area contributed by atoms with Gasteiger partial charge in [0.2, 0.25) is 0 Å². The first-order valence-electron chi connectivity index (χ1n) is 6.47. The summed E-state index contributed by atoms with van der Waals surface area (Å²) in [5.74, 6) is 0.553. The van der Waals surface area contributed by atoms with Crippen LogP contribution in [0.15, 0.2) is 30.5 Å². The van der Waals surface area contributed by atoms with E-state index in [0.717, 1.165) is 18.5 Å². The lowest BCUT2D eigenvalue weighted by molar-refractivity contribution is -0.384. The van der Waals surface area contributed by atoms with Crippen molar-refractivity contribution >= 4 is 11.5 Å². The highest BCUT2D eigenvalue weighted by Gasteiger charge is 2.28. The van der Waals surface area contributed by atoms with Crippen LogP contribution in [0.4, 0.5) is 11.5 Å². The summed E-state index contributed by atoms with van der Waals surface area (Å²) in [6, 6.07) is 6.97. The Kier molecular flexibility index (Phi) is 3.06. The van der Waals surface area contributed by atoms with E-state index in [1.54, 1.807) is 19.3 Å². The van der Waals surface area contributed by atoms with E-state index in [2.05, 4.69) is 21.4 Å². The van der Waals surface area contributed by atoms with Crippen LogP contribution in [-0.4, -0.2) is 21.9 Å². The number of hydrogen-bond acceptors (Lipinski definition) is 5. The maximum Gasteiger partial charge on any atom is 0.274 e. The second kappa shape index (κ2) is 4.88. The minimum absolute atomic E-state index is 0.0400. The summed E-state index contributed by atoms with van der Waals surface area (Å²) in [5, 5.41) is 13.9. The van der Waals surface area contributed by atoms with Gasteiger partial charge >= 0.3 is 0 Å². The van der Waals surface area contributed by atoms with E-state index in [4.69, 9.17) is 0 Å². The minimum atomic E-state index is -0.389. The summed E-state index contributed by atoms with van der Waals surface area (Å²) >= 11 is 0. The van der Waals surface area contributed by atoms with E-state index in [9.17, 15) is 10.1 Å². The standard InChI is InChI=1S/C14H14N4O2/c1-15-13-8-10(18(19)20)7-12(17-13)11-5-4-9-3-2-6-16-14(9)11/h2-3,6-8,11H,4-5H2,1H3,(H,15,17). The lowest BCUT2D eigenvalue weighted by atomic mass is 10.0. The van der Waals surface area contributed by atoms with Crippen molar-refractivity contribution in [2.75, 3.05) is 12.4 Å². The summed E-state index contributed by atoms with van der Waals surface area (Å²) in [6.07, 6.45) is 3.59. The molecule has 0 saturated carbocycles. The Morgan fingerprint density at radius 2 is 2.30 bits per heavy atom. The third-order valence-corrected chi connectivity index (χ3v) is 3.61. The number of nitrogens with zero attached hydrogens (tertiary/aromatic N) is 3. The highest BCUT2D eigenvalue weighted by Crippen LogP contribution is 2.37. The van der Waals surface area contributed by atoms with Crippen LogP contribution in [0.1, 0.15) is 29.3 Å². The third kappa shape index (κ3) is 2.09. The molecule has 20 heavy (non-hydrogen) atoms. The van der Waals surface area contributed by atoms with Gasteiger partial charge in [-0.1, -0.05) is 6.07 Å². The summed E-state index contributed by atoms with van der Waals surface area (Å²) in [7, 11) is 1.71. The fourth-order valence-electron chi connectivity index (χ4n) is 2.65. The SMILES string of the molecule is CNc1cc([N+](=O)[O-])cc(C2CCc3cccnc32)n1. The molecule has 0 saturated heterocycles. The first kappa shape index (κ1) is 12.5. The number of aromatic nitrogens is 2. The van der Waals surface area contributed by atoms with Crippen molar-refractivity contribution in [2.24, 2.45) is 0 Å². The molecule has 3 rings (SSSR count). The first-order valence-corrected chi connectivity index (χ1v) is 6.47. The van der Waals surface area contributed by atoms with Crippen LogP contribution in [0, 0.1) is 10.1 Å². The molecule has 0 spiro atoms. The Morgan fingerprint density at radius 3 is 3.05 bits per heavy atom. The zero-order chi connectivity index (χ0) is 14.1. The zero-order valence-electron chi connectivity index (χ0n) is 11.0. The Balaban J connectivity index is 2.07. The lowest BCUT2D eigenvalue weighted by Gasteiger charge is -2.11. The number of hydrogen-bond donors (Lipinski definition) is 1. The molecule has 0 fully saturated rings. The number of pyridine rings is 2. The van der Waals surface area contributed by atoms with E-state index < -0.39 is 0 Å². The molecule has 2 aromatic rings. The van der Waals surface area contributed by atoms with Crippen molar-refractivity contribution in [1.29, 1.82) is 0 Å². The van der Waals surface area contributed by atoms with Crippen molar-refractivity contribution in [2.45, 2.75) is 18.8 Å². The summed E-state index contributed by atoms with van der Waals surface area (Å²) in [5.41, 5.74) is 2.96. The molecule has 2 aromatic heterocycles. The van der Waals surface area contributed by atoms with Gasteiger partial charge in [-0.2, -0.15) is 0 Å². The summed E-state index contributed by atoms with van der Waals surface area (Å²) in [6.45, 7) is 0. The van der Waals surface area contributed by atoms with Crippen LogP contribution >= 0.6 is 0 Å². The molecule has 1 aliphatic carbocycles. The quantitative estimate of drug-likeness (QED) is 0.684. The van der Waals surface area contributed by atoms with Crippen molar-refractivity contribution in [3.8, 4) is 0 Å². The van der Waals surface area contributed by atoms with E-state index in [1.165, 1.54) is 11.6 Å². The van der Waals surface area contributed by atoms with Crippen LogP contribution in [0.2, 0.25) is 0 Å². The van der Waals surface area contributed by atoms with Gasteiger partial charge in [0.1, 0.15) is 5.82 Å². The van der Waals surface area contributed by atoms with Gasteiger partial charge in [0.05, 0.1) is 22.4 Å². The average molecular weight is 270 g/mol. The number of rotatable bonds is 3. The molecule has 6 heteroatoms. The Hall–Kier alpha value is -2.50. The van der Waals surface area contributed by atoms with E-state index in [-0.39, 0.29) is 16.5 Å². The number of nitro groups is 1. The molecule has 0 bridgehead atoms. The predicted molar refractivity (Wildman–Crippen MR) is 74.8 cm³/mol. The van der Waals surface area contributed by atoms with E-state index >= 15 is 0 Å². The topological polar surface area (TPSA) is 81.0 Å². The number of fused-ring (bicyclic) bond motifs is 1. The number of aryl methyl sites for hydroxylation is 1. The molecule has 2 heterocycles. The van der Waals surface area contributed by atoms with Gasteiger partial charge < -0.3 is 5.32 Å². The fourth-order valence-corrected chi connectivity index (χ4v) is 2.65. The molecule has 1 aliphatic rings. The monoisotopic (exact) mass is 270 g/mol. The Morgan fingerprint density at radius 1 is 1.45 bits per heavy atom. The molecule has 0 aromatic carbocycles. The molecule has 1 N–H and O–H groups in total. The number of nitrogens with one attached hydrogen (secondary N) is 1. The fraction of sp³-hybridized carbons (Fsp3) is 0.286. The molecule has 0 radical (unpaired) electrons. The second-order valence-electron chi connectivity index (χ2n) is 4.78. The molecule has 6 nitrogen and oxygen atoms in total. The van der Waals surface area contributed by atoms with Crippen molar-refractivity contribution in [3.05, 3.63) is 57.5 Å². The van der Waals surface area contributed by atoms with Gasteiger partial charge in [-0.15, -0.1) is 0 Å². The van der Waals surface area contributed by atoms with Gasteiger partial charge in [-0.05, 0) is 24.5 Å². The highest BCUT2D eigenvalue weighted by atomic mass is 16.6. The maximum atomic E-state index is 11.0. The molecule has 1 atom stereocenters. The van der Waals surface area contributed by atoms with Crippen LogP contribution < -0.4 is 5.32 Å². The van der Waals surface area contributed by atoms with E-state index in [0.29, 0.717) is 11.5 Å². The predicted octanol–water partition coefficient (Wildman–Crippen LogP) is 2.50. The minimum Gasteiger partial charge on any atom is -0.373 e. The normalized spacial score (nSPS) is 16.8. The molecular weight excluding hydrogens is 256 g/mol. The van der Waals surface area contributed by atoms with Crippen molar-refractivity contribution in [1.82, 2.24) is 9.97 Å². The molecule has 0 amide bonds. The zero-order valence-corrected chi connectivity index (χ0v) is 11.0. The molecular formula is C14H14N4O2. The second-order valence-corrected chi connectivity index (χ2v) is 4.78. The van der Waals surface area contributed by atoms with Crippen LogP contribution in [0.25, 0.3) is 0 Å². The van der Waals surface area contributed by atoms with Gasteiger partial charge in [0.25, 0.3) is 5.69 Å². The van der Waals surface area contributed by atoms with Gasteiger partial charge in [-0.25, -0.2) is 4.98 Å². The lowest BCUT2D eigenvalue weighted by Crippen LogP contribution is -2.05. The third-order valence-electron chi connectivity index (χ3n) is 3.61. The smallest absolute Gasteiger partial charge is 0.274 e. The number of anilines is 1. The van der Waals surface area contributed by atoms with Gasteiger partial charge in [0, 0.05) is 25.2 Å². The van der Waals surface area contributed by atoms with Crippen molar-refractivity contribution in [3.63, 3.8) is 0 Å². The molecule has 0 aliphatic heterocycles. The van der Waals surface area contributed by atoms with Crippen LogP contribution in [0.5, 0.6) is 0 Å². The summed E-state index contributed by atoms with van der Waals surface area (Å²) < 4.78 is 0. The van der Waals surface area contributed by atoms with E-state index in [1.807, 2.05) is 6.07 Å². The first-order chi connectivity index (χ1) is 9.69. The largest absolute Gasteiger partial charge is 0.373 e. The maximum absolute atomic E-state index is 11.0. The molecule has 102 valence electrons. The summed E-state index contributed by atoms with van der Waals surface area (Å²) in [4.78, 5) is 19.5. The molecule has 1 unspecified atom stereocenters. The Bertz CT molecular complexity index is 672. The van der Waals surface area contributed by atoms with Gasteiger partial charge in [0.15, 0.2) is 0 Å². The Labute approximate surface area is 116 Å². The van der Waals surface area contributed by atoms with Crippen LogP contribution in [0.3, 0.4) is 0 Å². The average Bonchev–Trinajstić information content (AvgIpc) is 2.90. The van der Waals surface area contributed by atoms with Crippen molar-refractivity contribution < 1.29 is 4.92 Å². The van der Waals surface area contributed by atoms with Crippen LogP contribution in [-0.2, 0) is 6.42 Å². The van der Waals surface area contributed by atoms with Gasteiger partial charge in [-0.3, -0.25) is 15.1 Å². The highest BCUT2D eigenvalue weighted by molar-refractivity contribution is 5.49.